The van der Waals surface area contributed by atoms with Gasteiger partial charge >= 0.3 is 6.03 Å². The SMILES string of the molecule is CCC(CC)(CN)NC(=O)Nc1ccc([N+](=O)[O-])cc1. The molecule has 0 aliphatic heterocycles. The first kappa shape index (κ1) is 15.9. The molecule has 1 rings (SSSR count). The molecule has 0 saturated carbocycles. The molecule has 110 valence electrons. The first-order chi connectivity index (χ1) is 9.46. The van der Waals surface area contributed by atoms with Crippen molar-refractivity contribution in [3.05, 3.63) is 34.4 Å². The Morgan fingerprint density at radius 1 is 1.30 bits per heavy atom. The summed E-state index contributed by atoms with van der Waals surface area (Å²) >= 11 is 0. The van der Waals surface area contributed by atoms with Crippen molar-refractivity contribution in [1.82, 2.24) is 5.32 Å². The van der Waals surface area contributed by atoms with Crippen LogP contribution in [0.25, 0.3) is 0 Å². The second kappa shape index (κ2) is 6.85. The number of nitrogens with one attached hydrogen (secondary N) is 2. The zero-order valence-electron chi connectivity index (χ0n) is 11.7. The minimum atomic E-state index is -0.489. The molecule has 0 aromatic heterocycles. The molecule has 0 saturated heterocycles. The Labute approximate surface area is 117 Å². The summed E-state index contributed by atoms with van der Waals surface area (Å²) in [6.07, 6.45) is 1.46. The number of benzene rings is 1. The maximum Gasteiger partial charge on any atom is 0.319 e. The van der Waals surface area contributed by atoms with Crippen LogP contribution in [0.1, 0.15) is 26.7 Å². The van der Waals surface area contributed by atoms with E-state index in [0.717, 1.165) is 12.8 Å². The quantitative estimate of drug-likeness (QED) is 0.548. The fourth-order valence-corrected chi connectivity index (χ4v) is 1.84. The van der Waals surface area contributed by atoms with Crippen LogP contribution in [0.4, 0.5) is 16.2 Å². The number of hydrogen-bond acceptors (Lipinski definition) is 4. The van der Waals surface area contributed by atoms with E-state index < -0.39 is 10.5 Å². The molecule has 0 spiro atoms. The number of hydrogen-bond donors (Lipinski definition) is 3. The van der Waals surface area contributed by atoms with Crippen LogP contribution in [0.5, 0.6) is 0 Å². The van der Waals surface area contributed by atoms with E-state index >= 15 is 0 Å². The number of nitrogens with zero attached hydrogens (tertiary/aromatic N) is 1. The summed E-state index contributed by atoms with van der Waals surface area (Å²) in [5.74, 6) is 0. The van der Waals surface area contributed by atoms with Crippen molar-refractivity contribution in [1.29, 1.82) is 0 Å². The van der Waals surface area contributed by atoms with Crippen LogP contribution >= 0.6 is 0 Å². The molecule has 0 aliphatic rings. The molecular weight excluding hydrogens is 260 g/mol. The Balaban J connectivity index is 2.68. The van der Waals surface area contributed by atoms with Gasteiger partial charge in [0.15, 0.2) is 0 Å². The van der Waals surface area contributed by atoms with Crippen molar-refractivity contribution >= 4 is 17.4 Å². The number of carbonyl (C=O) groups is 1. The van der Waals surface area contributed by atoms with Gasteiger partial charge in [-0.15, -0.1) is 0 Å². The number of nitro groups is 1. The summed E-state index contributed by atoms with van der Waals surface area (Å²) in [6, 6.07) is 5.28. The van der Waals surface area contributed by atoms with Gasteiger partial charge in [0.25, 0.3) is 5.69 Å². The molecule has 1 aromatic carbocycles. The molecule has 0 bridgehead atoms. The molecule has 7 nitrogen and oxygen atoms in total. The van der Waals surface area contributed by atoms with Crippen molar-refractivity contribution in [2.24, 2.45) is 5.73 Å². The Morgan fingerprint density at radius 2 is 1.85 bits per heavy atom. The highest BCUT2D eigenvalue weighted by Gasteiger charge is 2.26. The van der Waals surface area contributed by atoms with E-state index in [2.05, 4.69) is 10.6 Å². The van der Waals surface area contributed by atoms with Crippen molar-refractivity contribution in [3.8, 4) is 0 Å². The average Bonchev–Trinajstić information content (AvgIpc) is 2.45. The molecule has 7 heteroatoms. The van der Waals surface area contributed by atoms with Crippen molar-refractivity contribution in [3.63, 3.8) is 0 Å². The van der Waals surface area contributed by atoms with Crippen LogP contribution in [-0.2, 0) is 0 Å². The largest absolute Gasteiger partial charge is 0.331 e. The van der Waals surface area contributed by atoms with Gasteiger partial charge in [-0.3, -0.25) is 10.1 Å². The Morgan fingerprint density at radius 3 is 2.25 bits per heavy atom. The van der Waals surface area contributed by atoms with E-state index in [9.17, 15) is 14.9 Å². The van der Waals surface area contributed by atoms with Gasteiger partial charge in [-0.05, 0) is 25.0 Å². The number of nitro benzene ring substituents is 1. The third-order valence-electron chi connectivity index (χ3n) is 3.46. The summed E-state index contributed by atoms with van der Waals surface area (Å²) in [5, 5.41) is 16.0. The number of non-ortho nitro benzene ring substituents is 1. The number of nitrogens with two attached hydrogens (primary N) is 1. The molecule has 0 aliphatic carbocycles. The summed E-state index contributed by atoms with van der Waals surface area (Å²) in [6.45, 7) is 4.28. The van der Waals surface area contributed by atoms with Gasteiger partial charge in [-0.25, -0.2) is 4.79 Å². The van der Waals surface area contributed by atoms with E-state index in [1.807, 2.05) is 13.8 Å². The van der Waals surface area contributed by atoms with E-state index in [-0.39, 0.29) is 11.7 Å². The third kappa shape index (κ3) is 3.92. The molecular formula is C13H20N4O3. The van der Waals surface area contributed by atoms with E-state index in [1.54, 1.807) is 0 Å². The fraction of sp³-hybridized carbons (Fsp3) is 0.462. The fourth-order valence-electron chi connectivity index (χ4n) is 1.84. The number of amides is 2. The smallest absolute Gasteiger partial charge is 0.319 e. The normalized spacial score (nSPS) is 10.9. The lowest BCUT2D eigenvalue weighted by molar-refractivity contribution is -0.384. The monoisotopic (exact) mass is 280 g/mol. The maximum atomic E-state index is 11.9. The average molecular weight is 280 g/mol. The molecule has 0 unspecified atom stereocenters. The topological polar surface area (TPSA) is 110 Å². The Kier molecular flexibility index (Phi) is 5.45. The lowest BCUT2D eigenvalue weighted by Gasteiger charge is -2.31. The summed E-state index contributed by atoms with van der Waals surface area (Å²) in [4.78, 5) is 22.0. The van der Waals surface area contributed by atoms with Gasteiger partial charge in [0, 0.05) is 24.4 Å². The number of anilines is 1. The Bertz CT molecular complexity index is 461. The first-order valence-corrected chi connectivity index (χ1v) is 6.50. The van der Waals surface area contributed by atoms with Gasteiger partial charge in [0.2, 0.25) is 0 Å². The molecule has 0 radical (unpaired) electrons. The zero-order valence-corrected chi connectivity index (χ0v) is 11.7. The van der Waals surface area contributed by atoms with Crippen LogP contribution in [0.2, 0.25) is 0 Å². The van der Waals surface area contributed by atoms with E-state index in [1.165, 1.54) is 24.3 Å². The molecule has 20 heavy (non-hydrogen) atoms. The molecule has 0 heterocycles. The minimum absolute atomic E-state index is 0.0191. The van der Waals surface area contributed by atoms with Crippen molar-refractivity contribution < 1.29 is 9.72 Å². The van der Waals surface area contributed by atoms with Crippen molar-refractivity contribution in [2.45, 2.75) is 32.2 Å². The van der Waals surface area contributed by atoms with Gasteiger partial charge in [0.1, 0.15) is 0 Å². The summed E-state index contributed by atoms with van der Waals surface area (Å²) < 4.78 is 0. The van der Waals surface area contributed by atoms with E-state index in [4.69, 9.17) is 5.73 Å². The highest BCUT2D eigenvalue weighted by Crippen LogP contribution is 2.17. The minimum Gasteiger partial charge on any atom is -0.331 e. The zero-order chi connectivity index (χ0) is 15.2. The van der Waals surface area contributed by atoms with Crippen LogP contribution in [0.15, 0.2) is 24.3 Å². The standard InChI is InChI=1S/C13H20N4O3/c1-3-13(4-2,9-14)16-12(18)15-10-5-7-11(8-6-10)17(19)20/h5-8H,3-4,9,14H2,1-2H3,(H2,15,16,18). The predicted octanol–water partition coefficient (Wildman–Crippen LogP) is 2.23. The van der Waals surface area contributed by atoms with Gasteiger partial charge in [0.05, 0.1) is 10.5 Å². The third-order valence-corrected chi connectivity index (χ3v) is 3.46. The van der Waals surface area contributed by atoms with Gasteiger partial charge in [-0.2, -0.15) is 0 Å². The highest BCUT2D eigenvalue weighted by atomic mass is 16.6. The summed E-state index contributed by atoms with van der Waals surface area (Å²) in [7, 11) is 0. The van der Waals surface area contributed by atoms with Gasteiger partial charge in [-0.1, -0.05) is 13.8 Å². The summed E-state index contributed by atoms with van der Waals surface area (Å²) in [5.41, 5.74) is 5.75. The van der Waals surface area contributed by atoms with Crippen LogP contribution in [0, 0.1) is 10.1 Å². The number of carbonyl (C=O) groups excluding carboxylic acids is 1. The number of urea groups is 1. The molecule has 0 atom stereocenters. The van der Waals surface area contributed by atoms with Crippen LogP contribution in [0.3, 0.4) is 0 Å². The van der Waals surface area contributed by atoms with Crippen molar-refractivity contribution in [2.75, 3.05) is 11.9 Å². The predicted molar refractivity (Wildman–Crippen MR) is 77.6 cm³/mol. The van der Waals surface area contributed by atoms with Gasteiger partial charge < -0.3 is 16.4 Å². The molecule has 4 N–H and O–H groups in total. The van der Waals surface area contributed by atoms with Crippen LogP contribution < -0.4 is 16.4 Å². The first-order valence-electron chi connectivity index (χ1n) is 6.50. The lowest BCUT2D eigenvalue weighted by atomic mass is 9.93. The second-order valence-electron chi connectivity index (χ2n) is 4.57. The van der Waals surface area contributed by atoms with Crippen LogP contribution in [-0.4, -0.2) is 23.0 Å². The molecule has 1 aromatic rings. The number of rotatable bonds is 6. The molecule has 0 fully saturated rings. The maximum absolute atomic E-state index is 11.9. The van der Waals surface area contributed by atoms with E-state index in [0.29, 0.717) is 12.2 Å². The lowest BCUT2D eigenvalue weighted by Crippen LogP contribution is -2.54. The molecule has 2 amide bonds. The highest BCUT2D eigenvalue weighted by molar-refractivity contribution is 5.89. The second-order valence-corrected chi connectivity index (χ2v) is 4.57. The Hall–Kier alpha value is -2.15.